The highest BCUT2D eigenvalue weighted by Gasteiger charge is 2.34. The summed E-state index contributed by atoms with van der Waals surface area (Å²) in [6.45, 7) is 8.63. The number of carboxylic acid groups (broad SMARTS) is 1. The van der Waals surface area contributed by atoms with Gasteiger partial charge < -0.3 is 29.0 Å². The smallest absolute Gasteiger partial charge is 0.323 e. The molecule has 0 saturated carbocycles. The first-order valence-electron chi connectivity index (χ1n) is 31.5. The topological polar surface area (TPSA) is 120 Å². The molecule has 0 aliphatic carbocycles. The molecule has 1 saturated heterocycles. The zero-order valence-electron chi connectivity index (χ0n) is 51.2. The number of aliphatic carboxylic acids is 1. The second kappa shape index (κ2) is 31.2. The number of hydrogen-bond donors (Lipinski definition) is 1. The Morgan fingerprint density at radius 3 is 1.46 bits per heavy atom. The molecule has 466 valence electrons. The molecule has 2 aliphatic rings. The van der Waals surface area contributed by atoms with E-state index in [0.717, 1.165) is 143 Å². The van der Waals surface area contributed by atoms with Gasteiger partial charge in [-0.1, -0.05) is 152 Å². The van der Waals surface area contributed by atoms with Gasteiger partial charge in [0.2, 0.25) is 0 Å². The molecule has 2 aliphatic heterocycles. The lowest BCUT2D eigenvalue weighted by Gasteiger charge is -2.26. The van der Waals surface area contributed by atoms with Gasteiger partial charge in [0.25, 0.3) is 11.5 Å². The number of hydrogen-bond acceptors (Lipinski definition) is 14. The number of carboxylic acids is 1. The largest absolute Gasteiger partial charge is 0.494 e. The number of fused-ring (bicyclic) bond motifs is 1. The quantitative estimate of drug-likeness (QED) is 0.0342. The maximum atomic E-state index is 14.3. The van der Waals surface area contributed by atoms with Gasteiger partial charge in [0.15, 0.2) is 11.5 Å². The number of carbonyl (C=O) groups is 2. The highest BCUT2D eigenvalue weighted by Crippen LogP contribution is 2.51. The van der Waals surface area contributed by atoms with Crippen molar-refractivity contribution in [2.24, 2.45) is 0 Å². The van der Waals surface area contributed by atoms with Crippen LogP contribution in [0.1, 0.15) is 116 Å². The molecule has 90 heavy (non-hydrogen) atoms. The summed E-state index contributed by atoms with van der Waals surface area (Å²) in [5.74, 6) is 1.40. The fraction of sp³-hybridized carbons (Fsp3) is 0.315. The average Bonchev–Trinajstić information content (AvgIpc) is 1.81. The number of unbranched alkanes of at least 4 members (excludes halogenated alkanes) is 11. The van der Waals surface area contributed by atoms with E-state index in [4.69, 9.17) is 31.2 Å². The van der Waals surface area contributed by atoms with Crippen molar-refractivity contribution in [3.05, 3.63) is 170 Å². The van der Waals surface area contributed by atoms with Gasteiger partial charge in [-0.2, -0.15) is 0 Å². The minimum atomic E-state index is -1.19. The second-order valence-corrected chi connectivity index (χ2v) is 28.3. The van der Waals surface area contributed by atoms with Crippen molar-refractivity contribution in [2.45, 2.75) is 117 Å². The normalized spacial score (nSPS) is 13.8. The van der Waals surface area contributed by atoms with Crippen molar-refractivity contribution in [3.8, 4) is 75.2 Å². The summed E-state index contributed by atoms with van der Waals surface area (Å²) in [5.41, 5.74) is 7.88. The molecule has 4 aromatic heterocycles. The van der Waals surface area contributed by atoms with Crippen LogP contribution in [0.5, 0.6) is 23.0 Å². The molecule has 9 aromatic rings. The van der Waals surface area contributed by atoms with Gasteiger partial charge in [-0.3, -0.25) is 23.9 Å². The summed E-state index contributed by atoms with van der Waals surface area (Å²) in [7, 11) is 0. The first-order valence-corrected chi connectivity index (χ1v) is 36.0. The number of thiazole rings is 1. The first kappa shape index (κ1) is 64.3. The van der Waals surface area contributed by atoms with Crippen molar-refractivity contribution in [1.29, 1.82) is 0 Å². The Hall–Kier alpha value is -7.25. The van der Waals surface area contributed by atoms with E-state index in [2.05, 4.69) is 171 Å². The van der Waals surface area contributed by atoms with Crippen LogP contribution in [0.4, 0.5) is 17.1 Å². The molecule has 11 rings (SSSR count). The van der Waals surface area contributed by atoms with Gasteiger partial charge in [-0.15, -0.1) is 45.3 Å². The Labute approximate surface area is 552 Å². The predicted octanol–water partition coefficient (Wildman–Crippen LogP) is 18.8. The van der Waals surface area contributed by atoms with E-state index in [1.54, 1.807) is 33.6 Å². The summed E-state index contributed by atoms with van der Waals surface area (Å²) in [5, 5.41) is 10.0. The third kappa shape index (κ3) is 15.5. The van der Waals surface area contributed by atoms with E-state index < -0.39 is 18.1 Å². The Kier molecular flexibility index (Phi) is 22.3. The lowest BCUT2D eigenvalue weighted by Crippen LogP contribution is -2.35. The Balaban J connectivity index is 0.878. The number of benzene rings is 5. The summed E-state index contributed by atoms with van der Waals surface area (Å²) in [4.78, 5) is 50.8. The molecule has 0 bridgehead atoms. The van der Waals surface area contributed by atoms with Crippen molar-refractivity contribution in [2.75, 3.05) is 37.9 Å². The second-order valence-electron chi connectivity index (χ2n) is 22.4. The van der Waals surface area contributed by atoms with Gasteiger partial charge in [-0.25, -0.2) is 0 Å². The van der Waals surface area contributed by atoms with Crippen LogP contribution in [0.25, 0.3) is 63.2 Å². The molecule has 17 heteroatoms. The van der Waals surface area contributed by atoms with Gasteiger partial charge in [0.1, 0.15) is 45.1 Å². The zero-order chi connectivity index (χ0) is 62.3. The van der Waals surface area contributed by atoms with Crippen molar-refractivity contribution in [1.82, 2.24) is 9.47 Å². The van der Waals surface area contributed by atoms with Crippen LogP contribution in [0.15, 0.2) is 150 Å². The molecule has 0 radical (unpaired) electrons. The molecule has 6 heterocycles. The molecular weight excluding hydrogens is 1240 g/mol. The molecule has 11 nitrogen and oxygen atoms in total. The van der Waals surface area contributed by atoms with E-state index in [1.807, 2.05) is 0 Å². The summed E-state index contributed by atoms with van der Waals surface area (Å²) < 4.78 is 26.9. The van der Waals surface area contributed by atoms with Crippen LogP contribution >= 0.6 is 69.3 Å². The minimum absolute atomic E-state index is 0.268. The van der Waals surface area contributed by atoms with Gasteiger partial charge in [0.05, 0.1) is 27.5 Å². The minimum Gasteiger partial charge on any atom is -0.494 e. The van der Waals surface area contributed by atoms with E-state index in [0.29, 0.717) is 40.5 Å². The third-order valence-electron chi connectivity index (χ3n) is 15.9. The number of amides is 1. The number of carbonyl (C=O) groups excluding carboxylic acids is 1. The van der Waals surface area contributed by atoms with Gasteiger partial charge in [0, 0.05) is 43.1 Å². The molecule has 5 aromatic carbocycles. The van der Waals surface area contributed by atoms with E-state index in [1.165, 1.54) is 80.4 Å². The number of rotatable bonds is 30. The number of thioether (sulfide) groups is 1. The standard InChI is InChI=1S/C73H75N3O8S6/c1-4-7-10-13-14-15-42-74-71(80)69(90-73(74)85)72-75(48-65(77)78)70(79)64(89-72)47-63-66-67(84-46-45-83-66)68(88-63)53-22-32-56(33-23-53)76(54-28-18-49(19-29-54)59-38-40-61(86-59)51-24-34-57(35-25-51)81-43-16-11-8-5-2)55-30-20-50(21-31-55)60-39-41-62(87-60)52-26-36-58(37-27-52)82-44-17-12-9-6-3/h18-41,47H,4-17,42-46,48H2,1-3H3,(H,77,78)/b64-47-,72-69-. The van der Waals surface area contributed by atoms with Gasteiger partial charge in [-0.05, 0) is 162 Å². The highest BCUT2D eigenvalue weighted by molar-refractivity contribution is 8.30. The fourth-order valence-electron chi connectivity index (χ4n) is 11.0. The maximum absolute atomic E-state index is 14.3. The molecule has 0 unspecified atom stereocenters. The van der Waals surface area contributed by atoms with Crippen LogP contribution in [-0.2, 0) is 16.1 Å². The Morgan fingerprint density at radius 1 is 0.544 bits per heavy atom. The Bertz CT molecular complexity index is 3950. The number of ether oxygens (including phenoxy) is 4. The third-order valence-corrected chi connectivity index (χ3v) is 22.1. The number of anilines is 3. The van der Waals surface area contributed by atoms with E-state index >= 15 is 0 Å². The number of thiophene rings is 3. The summed E-state index contributed by atoms with van der Waals surface area (Å²) in [6, 6.07) is 51.6. The maximum Gasteiger partial charge on any atom is 0.323 e. The first-order chi connectivity index (χ1) is 44.1. The molecule has 1 fully saturated rings. The Morgan fingerprint density at radius 2 is 0.978 bits per heavy atom. The van der Waals surface area contributed by atoms with Crippen molar-refractivity contribution in [3.63, 3.8) is 0 Å². The average molecular weight is 1310 g/mol. The van der Waals surface area contributed by atoms with Crippen molar-refractivity contribution < 1.29 is 33.6 Å². The van der Waals surface area contributed by atoms with Crippen LogP contribution in [-0.4, -0.2) is 63.7 Å². The lowest BCUT2D eigenvalue weighted by atomic mass is 10.1. The lowest BCUT2D eigenvalue weighted by molar-refractivity contribution is -0.137. The monoisotopic (exact) mass is 1310 g/mol. The van der Waals surface area contributed by atoms with Gasteiger partial charge >= 0.3 is 5.97 Å². The number of nitrogens with zero attached hydrogens (tertiary/aromatic N) is 3. The predicted molar refractivity (Wildman–Crippen MR) is 380 cm³/mol. The van der Waals surface area contributed by atoms with Crippen molar-refractivity contribution >= 4 is 114 Å². The molecule has 0 spiro atoms. The molecular formula is C73H75N3O8S6. The molecule has 1 N–H and O–H groups in total. The van der Waals surface area contributed by atoms with Crippen LogP contribution in [0, 0.1) is 0 Å². The summed E-state index contributed by atoms with van der Waals surface area (Å²) in [6.07, 6.45) is 17.5. The summed E-state index contributed by atoms with van der Waals surface area (Å²) >= 11 is 12.9. The number of thiocarbonyl (C=S) groups is 1. The number of aromatic nitrogens is 1. The molecule has 0 atom stereocenters. The van der Waals surface area contributed by atoms with E-state index in [9.17, 15) is 19.5 Å². The van der Waals surface area contributed by atoms with Crippen LogP contribution in [0.2, 0.25) is 0 Å². The van der Waals surface area contributed by atoms with Crippen LogP contribution < -0.4 is 38.6 Å². The van der Waals surface area contributed by atoms with Crippen LogP contribution in [0.3, 0.4) is 0 Å². The SMILES string of the molecule is CCCCCCCCN1C(=O)/C(=c2/s/c(=C\c3sc(-c4ccc(N(c5ccc(-c6ccc(-c7ccc(OCCCCCC)cc7)s6)cc5)c5ccc(-c6ccc(-c7ccc(OCCCCCC)cc7)s6)cc5)cc4)c4c3OCCO4)c(=O)n2CC(=O)O)SC1=S. The van der Waals surface area contributed by atoms with E-state index in [-0.39, 0.29) is 20.0 Å². The highest BCUT2D eigenvalue weighted by atomic mass is 32.2. The fourth-order valence-corrected chi connectivity index (χ4v) is 16.8. The zero-order valence-corrected chi connectivity index (χ0v) is 56.1. The molecule has 1 amide bonds.